The lowest BCUT2D eigenvalue weighted by Gasteiger charge is -2.36. The van der Waals surface area contributed by atoms with Gasteiger partial charge in [0.1, 0.15) is 0 Å². The Hall–Kier alpha value is -11.8. The Balaban J connectivity index is 0.863. The third-order valence-corrected chi connectivity index (χ3v) is 21.3. The van der Waals surface area contributed by atoms with Crippen LogP contribution in [0.2, 0.25) is 0 Å². The van der Waals surface area contributed by atoms with Gasteiger partial charge < -0.3 is 9.80 Å². The van der Waals surface area contributed by atoms with Gasteiger partial charge in [-0.1, -0.05) is 303 Å². The zero-order valence-corrected chi connectivity index (χ0v) is 54.7. The molecule has 0 N–H and O–H groups in total. The summed E-state index contributed by atoms with van der Waals surface area (Å²) in [4.78, 5) is 4.99. The Bertz CT molecular complexity index is 4970. The molecule has 0 bridgehead atoms. The SMILES string of the molecule is C=Cc1ccc(CC2(c3ccc(C)cc3)c3ccccc3-c3ccc(N(c4ccccc4)c4ccc5c(c4)C(c4ccccc4)(c4ccccc4)c4cc(N(c6ccccc6)c6ccc7c(c6)C(Cc6ccc(C=C)cc6)(c6ccc(C)cc6)c6ccccc6-7)ccc4-5)cc32)cc1. The summed E-state index contributed by atoms with van der Waals surface area (Å²) in [5.74, 6) is 0. The van der Waals surface area contributed by atoms with Gasteiger partial charge >= 0.3 is 0 Å². The van der Waals surface area contributed by atoms with Crippen LogP contribution < -0.4 is 9.80 Å². The van der Waals surface area contributed by atoms with Gasteiger partial charge in [-0.2, -0.15) is 0 Å². The van der Waals surface area contributed by atoms with Gasteiger partial charge in [0.15, 0.2) is 0 Å². The maximum Gasteiger partial charge on any atom is 0.0715 e. The summed E-state index contributed by atoms with van der Waals surface area (Å²) in [6, 6.07) is 128. The molecule has 0 aromatic heterocycles. The molecule has 14 aromatic carbocycles. The zero-order valence-electron chi connectivity index (χ0n) is 54.7. The fourth-order valence-electron chi connectivity index (χ4n) is 16.8. The smallest absolute Gasteiger partial charge is 0.0715 e. The van der Waals surface area contributed by atoms with E-state index in [0.717, 1.165) is 58.1 Å². The molecule has 14 aromatic rings. The lowest BCUT2D eigenvalue weighted by atomic mass is 9.67. The van der Waals surface area contributed by atoms with Crippen molar-refractivity contribution < 1.29 is 0 Å². The molecule has 0 heterocycles. The fraction of sp³-hybridized carbons (Fsp3) is 0.0737. The molecule has 2 unspecified atom stereocenters. The molecule has 0 amide bonds. The van der Waals surface area contributed by atoms with E-state index in [1.807, 2.05) is 12.2 Å². The topological polar surface area (TPSA) is 6.48 Å². The molecule has 2 nitrogen and oxygen atoms in total. The van der Waals surface area contributed by atoms with Crippen molar-refractivity contribution in [1.29, 1.82) is 0 Å². The highest BCUT2D eigenvalue weighted by Crippen LogP contribution is 2.61. The predicted molar refractivity (Wildman–Crippen MR) is 407 cm³/mol. The van der Waals surface area contributed by atoms with E-state index < -0.39 is 16.2 Å². The van der Waals surface area contributed by atoms with Gasteiger partial charge in [0.25, 0.3) is 0 Å². The van der Waals surface area contributed by atoms with Crippen LogP contribution in [0.4, 0.5) is 34.1 Å². The summed E-state index contributed by atoms with van der Waals surface area (Å²) in [5.41, 5.74) is 32.1. The summed E-state index contributed by atoms with van der Waals surface area (Å²) < 4.78 is 0. The second kappa shape index (κ2) is 23.9. The number of para-hydroxylation sites is 2. The Morgan fingerprint density at radius 2 is 0.557 bits per heavy atom. The minimum absolute atomic E-state index is 0.498. The number of fused-ring (bicyclic) bond motifs is 9. The average molecular weight is 1240 g/mol. The molecule has 0 saturated carbocycles. The number of benzene rings is 14. The van der Waals surface area contributed by atoms with Crippen molar-refractivity contribution in [3.63, 3.8) is 0 Å². The second-order valence-electron chi connectivity index (χ2n) is 26.6. The molecule has 2 atom stereocenters. The van der Waals surface area contributed by atoms with Crippen molar-refractivity contribution in [2.75, 3.05) is 9.80 Å². The first-order valence-corrected chi connectivity index (χ1v) is 33.9. The molecule has 0 saturated heterocycles. The predicted octanol–water partition coefficient (Wildman–Crippen LogP) is 24.0. The summed E-state index contributed by atoms with van der Waals surface area (Å²) in [7, 11) is 0. The van der Waals surface area contributed by atoms with Crippen molar-refractivity contribution in [2.45, 2.75) is 42.9 Å². The second-order valence-corrected chi connectivity index (χ2v) is 26.6. The fourth-order valence-corrected chi connectivity index (χ4v) is 16.8. The van der Waals surface area contributed by atoms with Crippen molar-refractivity contribution in [2.24, 2.45) is 0 Å². The van der Waals surface area contributed by atoms with E-state index in [-0.39, 0.29) is 0 Å². The Labute approximate surface area is 570 Å². The first-order valence-electron chi connectivity index (χ1n) is 33.9. The number of nitrogens with zero attached hydrogens (tertiary/aromatic N) is 2. The maximum atomic E-state index is 4.10. The number of hydrogen-bond acceptors (Lipinski definition) is 2. The van der Waals surface area contributed by atoms with Gasteiger partial charge in [-0.25, -0.2) is 0 Å². The average Bonchev–Trinajstić information content (AvgIpc) is 1.57. The van der Waals surface area contributed by atoms with Crippen LogP contribution in [-0.4, -0.2) is 0 Å². The minimum atomic E-state index is -0.757. The summed E-state index contributed by atoms with van der Waals surface area (Å²) in [6.07, 6.45) is 5.43. The minimum Gasteiger partial charge on any atom is -0.310 e. The van der Waals surface area contributed by atoms with Gasteiger partial charge in [-0.3, -0.25) is 0 Å². The van der Waals surface area contributed by atoms with Crippen LogP contribution in [0.15, 0.2) is 353 Å². The molecule has 0 aliphatic heterocycles. The van der Waals surface area contributed by atoms with Crippen molar-refractivity contribution in [3.8, 4) is 33.4 Å². The van der Waals surface area contributed by atoms with E-state index in [1.165, 1.54) is 111 Å². The summed E-state index contributed by atoms with van der Waals surface area (Å²) in [6.45, 7) is 12.6. The molecular weight excluding hydrogens is 1170 g/mol. The van der Waals surface area contributed by atoms with Gasteiger partial charge in [-0.15, -0.1) is 0 Å². The summed E-state index contributed by atoms with van der Waals surface area (Å²) in [5, 5.41) is 0. The van der Waals surface area contributed by atoms with Crippen LogP contribution in [0, 0.1) is 13.8 Å². The summed E-state index contributed by atoms with van der Waals surface area (Å²) >= 11 is 0. The maximum absolute atomic E-state index is 4.10. The quantitative estimate of drug-likeness (QED) is 0.0951. The van der Waals surface area contributed by atoms with E-state index in [2.05, 4.69) is 377 Å². The molecule has 3 aliphatic carbocycles. The van der Waals surface area contributed by atoms with Crippen LogP contribution in [0.5, 0.6) is 0 Å². The molecule has 17 rings (SSSR count). The van der Waals surface area contributed by atoms with Crippen molar-refractivity contribution in [3.05, 3.63) is 442 Å². The van der Waals surface area contributed by atoms with Gasteiger partial charge in [-0.05, 0) is 211 Å². The first kappa shape index (κ1) is 58.9. The van der Waals surface area contributed by atoms with Crippen LogP contribution in [0.25, 0.3) is 45.5 Å². The van der Waals surface area contributed by atoms with Gasteiger partial charge in [0, 0.05) is 34.1 Å². The molecule has 2 heteroatoms. The van der Waals surface area contributed by atoms with Crippen LogP contribution in [-0.2, 0) is 29.1 Å². The normalized spacial score (nSPS) is 15.6. The Morgan fingerprint density at radius 3 is 0.907 bits per heavy atom. The molecular formula is C95H72N2. The Morgan fingerprint density at radius 1 is 0.258 bits per heavy atom. The van der Waals surface area contributed by atoms with Crippen molar-refractivity contribution in [1.82, 2.24) is 0 Å². The lowest BCUT2D eigenvalue weighted by Crippen LogP contribution is -2.30. The van der Waals surface area contributed by atoms with Crippen LogP contribution in [0.3, 0.4) is 0 Å². The third kappa shape index (κ3) is 9.53. The van der Waals surface area contributed by atoms with E-state index >= 15 is 0 Å². The highest BCUT2D eigenvalue weighted by atomic mass is 15.1. The standard InChI is InChI=1S/C95H72N2/c1-5-67-39-43-69(44-40-67)63-93(71-47-35-65(3)36-48-71)87-33-21-19-31-81(87)83-55-51-77(59-89(83)93)96(75-27-15-9-16-28-75)79-53-57-85-86-58-54-80(62-92(86)95(91(85)61-79,73-23-11-7-12-24-73)74-25-13-8-14-26-74)97(76-29-17-10-18-30-76)78-52-56-84-82-32-20-22-34-88(82)94(90(84)60-78,72-49-37-66(4)38-50-72)64-70-45-41-68(6-2)42-46-70/h5-62H,1-2,63-64H2,3-4H3. The first-order chi connectivity index (χ1) is 47.8. The molecule has 3 aliphatic rings. The molecule has 97 heavy (non-hydrogen) atoms. The molecule has 462 valence electrons. The number of hydrogen-bond donors (Lipinski definition) is 0. The molecule has 0 radical (unpaired) electrons. The van der Waals surface area contributed by atoms with Crippen LogP contribution >= 0.6 is 0 Å². The zero-order chi connectivity index (χ0) is 65.2. The highest BCUT2D eigenvalue weighted by Gasteiger charge is 2.49. The van der Waals surface area contributed by atoms with Gasteiger partial charge in [0.2, 0.25) is 0 Å². The Kier molecular flexibility index (Phi) is 14.5. The van der Waals surface area contributed by atoms with E-state index in [0.29, 0.717) is 0 Å². The largest absolute Gasteiger partial charge is 0.310 e. The lowest BCUT2D eigenvalue weighted by molar-refractivity contribution is 0.629. The number of aryl methyl sites for hydroxylation is 2. The number of rotatable bonds is 16. The molecule has 0 spiro atoms. The van der Waals surface area contributed by atoms with E-state index in [9.17, 15) is 0 Å². The third-order valence-electron chi connectivity index (χ3n) is 21.3. The van der Waals surface area contributed by atoms with E-state index in [1.54, 1.807) is 0 Å². The van der Waals surface area contributed by atoms with E-state index in [4.69, 9.17) is 0 Å². The van der Waals surface area contributed by atoms with Gasteiger partial charge in [0.05, 0.1) is 16.2 Å². The number of anilines is 6. The van der Waals surface area contributed by atoms with Crippen LogP contribution in [0.1, 0.15) is 89.0 Å². The molecule has 0 fully saturated rings. The monoisotopic (exact) mass is 1240 g/mol. The highest BCUT2D eigenvalue weighted by molar-refractivity contribution is 5.94. The van der Waals surface area contributed by atoms with Crippen molar-refractivity contribution >= 4 is 46.3 Å².